The number of hydrogen-bond donors (Lipinski definition) is 0. The maximum atomic E-state index is 13.1. The van der Waals surface area contributed by atoms with Crippen molar-refractivity contribution in [1.29, 1.82) is 0 Å². The third-order valence-corrected chi connectivity index (χ3v) is 5.94. The Morgan fingerprint density at radius 1 is 1.03 bits per heavy atom. The molecule has 180 valence electrons. The SMILES string of the molecule is C[C@@H]1OC(C)(C)O[C@@H]1[C@H](CC(=O)OC(C)(C)C)N(Cc1ccccc1)[C@H](C)c1ccccc1. The summed E-state index contributed by atoms with van der Waals surface area (Å²) in [5.41, 5.74) is 1.82. The van der Waals surface area contributed by atoms with E-state index >= 15 is 0 Å². The molecule has 5 nitrogen and oxygen atoms in total. The Morgan fingerprint density at radius 3 is 2.12 bits per heavy atom. The molecule has 4 atom stereocenters. The molecule has 1 fully saturated rings. The first-order valence-corrected chi connectivity index (χ1v) is 11.9. The Hall–Kier alpha value is -2.21. The molecule has 1 aliphatic rings. The summed E-state index contributed by atoms with van der Waals surface area (Å²) >= 11 is 0. The highest BCUT2D eigenvalue weighted by Crippen LogP contribution is 2.36. The van der Waals surface area contributed by atoms with E-state index in [4.69, 9.17) is 14.2 Å². The molecule has 0 aliphatic carbocycles. The van der Waals surface area contributed by atoms with Crippen molar-refractivity contribution >= 4 is 5.97 Å². The Kier molecular flexibility index (Phi) is 7.99. The van der Waals surface area contributed by atoms with Gasteiger partial charge in [-0.05, 0) is 59.6 Å². The van der Waals surface area contributed by atoms with Crippen molar-refractivity contribution in [2.45, 2.75) is 97.1 Å². The number of benzene rings is 2. The molecule has 3 rings (SSSR count). The summed E-state index contributed by atoms with van der Waals surface area (Å²) in [5, 5.41) is 0. The molecule has 33 heavy (non-hydrogen) atoms. The van der Waals surface area contributed by atoms with E-state index in [1.54, 1.807) is 0 Å². The lowest BCUT2D eigenvalue weighted by Crippen LogP contribution is -2.49. The van der Waals surface area contributed by atoms with Gasteiger partial charge < -0.3 is 14.2 Å². The molecule has 2 aromatic carbocycles. The zero-order valence-corrected chi connectivity index (χ0v) is 21.1. The lowest BCUT2D eigenvalue weighted by molar-refractivity contribution is -0.165. The van der Waals surface area contributed by atoms with E-state index in [0.29, 0.717) is 6.54 Å². The maximum absolute atomic E-state index is 13.1. The molecule has 2 aromatic rings. The van der Waals surface area contributed by atoms with Gasteiger partial charge in [-0.25, -0.2) is 0 Å². The van der Waals surface area contributed by atoms with Crippen LogP contribution in [0, 0.1) is 0 Å². The van der Waals surface area contributed by atoms with Crippen LogP contribution in [0.25, 0.3) is 0 Å². The predicted molar refractivity (Wildman–Crippen MR) is 131 cm³/mol. The van der Waals surface area contributed by atoms with E-state index in [1.807, 2.05) is 65.8 Å². The maximum Gasteiger partial charge on any atom is 0.308 e. The van der Waals surface area contributed by atoms with Gasteiger partial charge in [0, 0.05) is 18.6 Å². The first-order valence-electron chi connectivity index (χ1n) is 11.9. The van der Waals surface area contributed by atoms with E-state index in [0.717, 1.165) is 0 Å². The Bertz CT molecular complexity index is 891. The van der Waals surface area contributed by atoms with Gasteiger partial charge in [0.05, 0.1) is 12.5 Å². The van der Waals surface area contributed by atoms with E-state index in [-0.39, 0.29) is 36.7 Å². The van der Waals surface area contributed by atoms with Crippen molar-refractivity contribution in [2.75, 3.05) is 0 Å². The molecule has 0 radical (unpaired) electrons. The van der Waals surface area contributed by atoms with Crippen LogP contribution in [0.15, 0.2) is 60.7 Å². The molecule has 0 bridgehead atoms. The van der Waals surface area contributed by atoms with E-state index in [1.165, 1.54) is 11.1 Å². The van der Waals surface area contributed by atoms with Crippen LogP contribution in [-0.4, -0.2) is 40.5 Å². The van der Waals surface area contributed by atoms with E-state index in [9.17, 15) is 4.79 Å². The topological polar surface area (TPSA) is 48.0 Å². The van der Waals surface area contributed by atoms with E-state index < -0.39 is 11.4 Å². The molecule has 1 saturated heterocycles. The monoisotopic (exact) mass is 453 g/mol. The number of nitrogens with zero attached hydrogens (tertiary/aromatic N) is 1. The number of carbonyl (C=O) groups is 1. The molecule has 5 heteroatoms. The van der Waals surface area contributed by atoms with E-state index in [2.05, 4.69) is 48.2 Å². The zero-order valence-electron chi connectivity index (χ0n) is 21.1. The first-order chi connectivity index (χ1) is 15.5. The number of hydrogen-bond acceptors (Lipinski definition) is 5. The molecule has 0 amide bonds. The Labute approximate surface area is 199 Å². The summed E-state index contributed by atoms with van der Waals surface area (Å²) in [6.07, 6.45) is -0.216. The second-order valence-corrected chi connectivity index (χ2v) is 10.4. The molecule has 1 heterocycles. The number of rotatable bonds is 8. The largest absolute Gasteiger partial charge is 0.460 e. The summed E-state index contributed by atoms with van der Waals surface area (Å²) in [5.74, 6) is -0.934. The summed E-state index contributed by atoms with van der Waals surface area (Å²) < 4.78 is 18.2. The summed E-state index contributed by atoms with van der Waals surface area (Å²) in [4.78, 5) is 15.4. The van der Waals surface area contributed by atoms with Crippen LogP contribution < -0.4 is 0 Å². The van der Waals surface area contributed by atoms with Gasteiger partial charge in [0.1, 0.15) is 11.7 Å². The van der Waals surface area contributed by atoms with Gasteiger partial charge in [0.2, 0.25) is 0 Å². The van der Waals surface area contributed by atoms with Crippen LogP contribution in [0.5, 0.6) is 0 Å². The molecule has 0 unspecified atom stereocenters. The minimum absolute atomic E-state index is 0.0540. The van der Waals surface area contributed by atoms with Gasteiger partial charge in [-0.3, -0.25) is 9.69 Å². The fraction of sp³-hybridized carbons (Fsp3) is 0.536. The minimum atomic E-state index is -0.704. The fourth-order valence-electron chi connectivity index (χ4n) is 4.59. The quantitative estimate of drug-likeness (QED) is 0.467. The number of esters is 1. The highest BCUT2D eigenvalue weighted by Gasteiger charge is 2.46. The van der Waals surface area contributed by atoms with Gasteiger partial charge in [-0.2, -0.15) is 0 Å². The van der Waals surface area contributed by atoms with Crippen molar-refractivity contribution in [2.24, 2.45) is 0 Å². The standard InChI is InChI=1S/C28H39NO4/c1-20(23-16-12-9-13-17-23)29(19-22-14-10-8-11-15-22)24(18-25(30)32-27(3,4)5)26-21(2)31-28(6,7)33-26/h8-17,20-21,24,26H,18-19H2,1-7H3/t20-,21+,24+,26+/m1/s1. The highest BCUT2D eigenvalue weighted by atomic mass is 16.8. The molecule has 1 aliphatic heterocycles. The lowest BCUT2D eigenvalue weighted by atomic mass is 9.96. The normalized spacial score (nSPS) is 22.2. The van der Waals surface area contributed by atoms with Crippen LogP contribution in [-0.2, 0) is 25.5 Å². The van der Waals surface area contributed by atoms with Crippen molar-refractivity contribution < 1.29 is 19.0 Å². The van der Waals surface area contributed by atoms with Gasteiger partial charge in [0.15, 0.2) is 5.79 Å². The van der Waals surface area contributed by atoms with Crippen LogP contribution in [0.3, 0.4) is 0 Å². The average molecular weight is 454 g/mol. The highest BCUT2D eigenvalue weighted by molar-refractivity contribution is 5.70. The van der Waals surface area contributed by atoms with Gasteiger partial charge in [0.25, 0.3) is 0 Å². The Balaban J connectivity index is 2.00. The zero-order chi connectivity index (χ0) is 24.2. The summed E-state index contributed by atoms with van der Waals surface area (Å²) in [6, 6.07) is 20.6. The first kappa shape index (κ1) is 25.4. The molecule has 0 spiro atoms. The summed E-state index contributed by atoms with van der Waals surface area (Å²) in [6.45, 7) is 14.4. The third-order valence-electron chi connectivity index (χ3n) is 5.94. The van der Waals surface area contributed by atoms with Gasteiger partial charge in [-0.15, -0.1) is 0 Å². The second-order valence-electron chi connectivity index (χ2n) is 10.4. The molecule has 0 saturated carbocycles. The average Bonchev–Trinajstić information content (AvgIpc) is 3.02. The van der Waals surface area contributed by atoms with Crippen molar-refractivity contribution in [3.05, 3.63) is 71.8 Å². The van der Waals surface area contributed by atoms with Crippen molar-refractivity contribution in [3.63, 3.8) is 0 Å². The van der Waals surface area contributed by atoms with Crippen molar-refractivity contribution in [1.82, 2.24) is 4.90 Å². The minimum Gasteiger partial charge on any atom is -0.460 e. The molecule has 0 aromatic heterocycles. The van der Waals surface area contributed by atoms with Crippen LogP contribution >= 0.6 is 0 Å². The Morgan fingerprint density at radius 2 is 1.61 bits per heavy atom. The summed E-state index contributed by atoms with van der Waals surface area (Å²) in [7, 11) is 0. The van der Waals surface area contributed by atoms with Gasteiger partial charge in [-0.1, -0.05) is 60.7 Å². The number of ether oxygens (including phenoxy) is 3. The van der Waals surface area contributed by atoms with Gasteiger partial charge >= 0.3 is 5.97 Å². The smallest absolute Gasteiger partial charge is 0.308 e. The predicted octanol–water partition coefficient (Wildman–Crippen LogP) is 5.89. The molecular formula is C28H39NO4. The number of carbonyl (C=O) groups excluding carboxylic acids is 1. The van der Waals surface area contributed by atoms with Crippen molar-refractivity contribution in [3.8, 4) is 0 Å². The van der Waals surface area contributed by atoms with Crippen LogP contribution in [0.4, 0.5) is 0 Å². The third kappa shape index (κ3) is 7.13. The molecular weight excluding hydrogens is 414 g/mol. The second kappa shape index (κ2) is 10.4. The lowest BCUT2D eigenvalue weighted by Gasteiger charge is -2.40. The van der Waals surface area contributed by atoms with Crippen LogP contribution in [0.2, 0.25) is 0 Å². The fourth-order valence-corrected chi connectivity index (χ4v) is 4.59. The molecule has 0 N–H and O–H groups in total. The van der Waals surface area contributed by atoms with Crippen LogP contribution in [0.1, 0.15) is 72.1 Å².